The molecule has 0 bridgehead atoms. The number of carbonyl (C=O) groups excluding carboxylic acids is 1. The summed E-state index contributed by atoms with van der Waals surface area (Å²) in [5.41, 5.74) is 2.34. The van der Waals surface area contributed by atoms with Gasteiger partial charge in [-0.1, -0.05) is 18.2 Å². The van der Waals surface area contributed by atoms with Crippen molar-refractivity contribution in [3.63, 3.8) is 0 Å². The molecule has 9 nitrogen and oxygen atoms in total. The predicted octanol–water partition coefficient (Wildman–Crippen LogP) is 2.15. The van der Waals surface area contributed by atoms with Gasteiger partial charge in [-0.25, -0.2) is 18.9 Å². The number of rotatable bonds is 4. The van der Waals surface area contributed by atoms with E-state index >= 15 is 0 Å². The van der Waals surface area contributed by atoms with Crippen LogP contribution in [-0.4, -0.2) is 38.2 Å². The first-order valence-corrected chi connectivity index (χ1v) is 10.1. The van der Waals surface area contributed by atoms with E-state index in [4.69, 9.17) is 10.2 Å². The molecule has 1 aliphatic heterocycles. The summed E-state index contributed by atoms with van der Waals surface area (Å²) in [6, 6.07) is 16.1. The van der Waals surface area contributed by atoms with E-state index in [1.165, 1.54) is 4.40 Å². The molecule has 1 amide bonds. The van der Waals surface area contributed by atoms with Crippen molar-refractivity contribution in [1.82, 2.24) is 19.2 Å². The molecule has 0 aliphatic carbocycles. The summed E-state index contributed by atoms with van der Waals surface area (Å²) in [6.45, 7) is 1.47. The highest BCUT2D eigenvalue weighted by atomic mass is 16.2. The summed E-state index contributed by atoms with van der Waals surface area (Å²) >= 11 is 0. The predicted molar refractivity (Wildman–Crippen MR) is 116 cm³/mol. The van der Waals surface area contributed by atoms with Crippen LogP contribution in [0.5, 0.6) is 0 Å². The lowest BCUT2D eigenvalue weighted by atomic mass is 10.2. The van der Waals surface area contributed by atoms with E-state index in [9.17, 15) is 9.59 Å². The summed E-state index contributed by atoms with van der Waals surface area (Å²) in [4.78, 5) is 32.7. The number of amides is 1. The summed E-state index contributed by atoms with van der Waals surface area (Å²) in [5, 5.41) is 16.2. The van der Waals surface area contributed by atoms with Crippen molar-refractivity contribution in [3.8, 4) is 6.07 Å². The minimum absolute atomic E-state index is 0.245. The smallest absolute Gasteiger partial charge is 0.351 e. The van der Waals surface area contributed by atoms with E-state index in [1.54, 1.807) is 24.3 Å². The first-order valence-electron chi connectivity index (χ1n) is 10.1. The molecule has 1 saturated heterocycles. The van der Waals surface area contributed by atoms with Gasteiger partial charge in [-0.05, 0) is 43.2 Å². The van der Waals surface area contributed by atoms with E-state index in [2.05, 4.69) is 15.3 Å². The summed E-state index contributed by atoms with van der Waals surface area (Å²) in [7, 11) is 0. The van der Waals surface area contributed by atoms with Crippen molar-refractivity contribution in [2.45, 2.75) is 19.4 Å². The molecule has 0 atom stereocenters. The van der Waals surface area contributed by atoms with Crippen LogP contribution in [-0.2, 0) is 11.3 Å². The zero-order valence-corrected chi connectivity index (χ0v) is 16.7. The number of para-hydroxylation sites is 2. The third kappa shape index (κ3) is 3.38. The fourth-order valence-corrected chi connectivity index (χ4v) is 3.93. The molecule has 9 heteroatoms. The van der Waals surface area contributed by atoms with Gasteiger partial charge in [0.25, 0.3) is 0 Å². The van der Waals surface area contributed by atoms with Gasteiger partial charge in [-0.2, -0.15) is 5.26 Å². The van der Waals surface area contributed by atoms with Crippen LogP contribution in [0.2, 0.25) is 0 Å². The fraction of sp³-hybridized carbons (Fsp3) is 0.227. The van der Waals surface area contributed by atoms with Gasteiger partial charge in [0, 0.05) is 18.8 Å². The van der Waals surface area contributed by atoms with Crippen LogP contribution in [0, 0.1) is 11.3 Å². The number of nitrogens with one attached hydrogen (secondary N) is 1. The van der Waals surface area contributed by atoms with E-state index in [0.29, 0.717) is 33.7 Å². The van der Waals surface area contributed by atoms with Crippen LogP contribution in [0.1, 0.15) is 18.4 Å². The lowest BCUT2D eigenvalue weighted by Gasteiger charge is -2.17. The summed E-state index contributed by atoms with van der Waals surface area (Å²) in [6.07, 6.45) is 2.13. The van der Waals surface area contributed by atoms with Gasteiger partial charge in [0.05, 0.1) is 22.7 Å². The maximum Gasteiger partial charge on any atom is 0.351 e. The van der Waals surface area contributed by atoms with Gasteiger partial charge < -0.3 is 10.2 Å². The van der Waals surface area contributed by atoms with Crippen molar-refractivity contribution in [3.05, 3.63) is 64.6 Å². The number of hydrogen-bond donors (Lipinski definition) is 1. The lowest BCUT2D eigenvalue weighted by Crippen LogP contribution is -2.28. The molecular weight excluding hydrogens is 394 g/mol. The molecule has 154 valence electrons. The molecule has 1 N–H and O–H groups in total. The fourth-order valence-electron chi connectivity index (χ4n) is 3.93. The van der Waals surface area contributed by atoms with Crippen molar-refractivity contribution in [1.29, 1.82) is 5.26 Å². The molecule has 0 saturated carbocycles. The first-order chi connectivity index (χ1) is 15.1. The average molecular weight is 413 g/mol. The number of nitrogens with zero attached hydrogens (tertiary/aromatic N) is 6. The van der Waals surface area contributed by atoms with Gasteiger partial charge in [0.15, 0.2) is 5.82 Å². The van der Waals surface area contributed by atoms with E-state index in [1.807, 2.05) is 30.3 Å². The molecule has 31 heavy (non-hydrogen) atoms. The molecule has 1 aliphatic rings. The number of carbonyl (C=O) groups is 1. The van der Waals surface area contributed by atoms with E-state index < -0.39 is 11.6 Å². The van der Waals surface area contributed by atoms with E-state index in [0.717, 1.165) is 30.6 Å². The molecule has 0 radical (unpaired) electrons. The van der Waals surface area contributed by atoms with Gasteiger partial charge in [-0.3, -0.25) is 4.79 Å². The Morgan fingerprint density at radius 3 is 2.74 bits per heavy atom. The van der Waals surface area contributed by atoms with Gasteiger partial charge in [-0.15, -0.1) is 5.10 Å². The maximum absolute atomic E-state index is 13.2. The Balaban J connectivity index is 1.55. The second-order valence-electron chi connectivity index (χ2n) is 7.46. The van der Waals surface area contributed by atoms with Crippen molar-refractivity contribution in [2.24, 2.45) is 0 Å². The third-order valence-corrected chi connectivity index (χ3v) is 5.36. The molecule has 2 aromatic heterocycles. The highest BCUT2D eigenvalue weighted by molar-refractivity contribution is 5.90. The largest absolute Gasteiger partial charge is 0.353 e. The lowest BCUT2D eigenvalue weighted by molar-refractivity contribution is -0.117. The Morgan fingerprint density at radius 2 is 1.94 bits per heavy atom. The average Bonchev–Trinajstić information content (AvgIpc) is 3.42. The minimum Gasteiger partial charge on any atom is -0.353 e. The number of benzene rings is 2. The number of nitriles is 1. The molecule has 2 aromatic carbocycles. The molecule has 0 unspecified atom stereocenters. The Bertz CT molecular complexity index is 1410. The van der Waals surface area contributed by atoms with Gasteiger partial charge in [0.2, 0.25) is 11.6 Å². The highest BCUT2D eigenvalue weighted by Crippen LogP contribution is 2.25. The summed E-state index contributed by atoms with van der Waals surface area (Å²) in [5.74, 6) is 0.259. The Hall–Kier alpha value is -4.19. The first kappa shape index (κ1) is 18.8. The van der Waals surface area contributed by atoms with Crippen LogP contribution in [0.25, 0.3) is 16.7 Å². The number of aromatic nitrogens is 4. The molecule has 5 rings (SSSR count). The molecule has 0 spiro atoms. The van der Waals surface area contributed by atoms with E-state index in [-0.39, 0.29) is 6.54 Å². The topological polar surface area (TPSA) is 108 Å². The van der Waals surface area contributed by atoms with Crippen LogP contribution in [0.3, 0.4) is 0 Å². The molecule has 4 aromatic rings. The quantitative estimate of drug-likeness (QED) is 0.549. The zero-order chi connectivity index (χ0) is 21.4. The van der Waals surface area contributed by atoms with Crippen LogP contribution in [0.4, 0.5) is 11.5 Å². The molecule has 1 fully saturated rings. The number of fused-ring (bicyclic) bond motifs is 3. The normalized spacial score (nSPS) is 13.6. The highest BCUT2D eigenvalue weighted by Gasteiger charge is 2.23. The Labute approximate surface area is 177 Å². The number of anilines is 2. The second kappa shape index (κ2) is 7.57. The Kier molecular flexibility index (Phi) is 4.59. The van der Waals surface area contributed by atoms with Crippen molar-refractivity contribution in [2.75, 3.05) is 23.3 Å². The van der Waals surface area contributed by atoms with Crippen LogP contribution >= 0.6 is 0 Å². The molecular formula is C22H19N7O2. The summed E-state index contributed by atoms with van der Waals surface area (Å²) < 4.78 is 2.69. The monoisotopic (exact) mass is 413 g/mol. The Morgan fingerprint density at radius 1 is 1.13 bits per heavy atom. The molecule has 3 heterocycles. The van der Waals surface area contributed by atoms with Gasteiger partial charge >= 0.3 is 5.69 Å². The third-order valence-electron chi connectivity index (χ3n) is 5.36. The minimum atomic E-state index is -0.402. The zero-order valence-electron chi connectivity index (χ0n) is 16.7. The van der Waals surface area contributed by atoms with Crippen LogP contribution in [0.15, 0.2) is 53.3 Å². The van der Waals surface area contributed by atoms with Crippen molar-refractivity contribution >= 4 is 34.1 Å². The number of hydrogen-bond acceptors (Lipinski definition) is 6. The van der Waals surface area contributed by atoms with Crippen molar-refractivity contribution < 1.29 is 4.79 Å². The second-order valence-corrected chi connectivity index (χ2v) is 7.46. The van der Waals surface area contributed by atoms with Crippen LogP contribution < -0.4 is 15.9 Å². The van der Waals surface area contributed by atoms with Gasteiger partial charge in [0.1, 0.15) is 6.54 Å². The standard InChI is InChI=1S/C22H19N7O2/c23-13-15-6-5-7-16(12-15)24-19(30)14-28-22(31)29-18-9-2-1-8-17(18)25-20(21(29)26-28)27-10-3-4-11-27/h1-2,5-9,12H,3-4,10-11,14H2,(H,24,30). The SMILES string of the molecule is N#Cc1cccc(NC(=O)Cn2nc3c(N4CCCC4)nc4ccccc4n3c2=O)c1. The maximum atomic E-state index is 13.2.